The van der Waals surface area contributed by atoms with E-state index in [1.165, 1.54) is 36.4 Å². The maximum Gasteiger partial charge on any atom is 0.160 e. The lowest BCUT2D eigenvalue weighted by Gasteiger charge is -2.35. The molecule has 0 fully saturated rings. The van der Waals surface area contributed by atoms with E-state index < -0.39 is 34.1 Å². The van der Waals surface area contributed by atoms with Gasteiger partial charge in [-0.25, -0.2) is 26.3 Å². The van der Waals surface area contributed by atoms with Crippen molar-refractivity contribution in [2.45, 2.75) is 10.8 Å². The second kappa shape index (κ2) is 23.9. The average Bonchev–Trinajstić information content (AvgIpc) is 1.55. The summed E-state index contributed by atoms with van der Waals surface area (Å²) in [6, 6.07) is 95.8. The van der Waals surface area contributed by atoms with Crippen molar-refractivity contribution in [2.75, 3.05) is 9.80 Å². The lowest BCUT2D eigenvalue weighted by atomic mass is 9.67. The number of benzene rings is 14. The number of fused-ring (bicyclic) bond motifs is 9. The van der Waals surface area contributed by atoms with Gasteiger partial charge in [0.1, 0.15) is 11.6 Å². The van der Waals surface area contributed by atoms with E-state index in [1.54, 1.807) is 23.5 Å². The number of anilines is 6. The molecule has 99 heavy (non-hydrogen) atoms. The largest absolute Gasteiger partial charge is 0.310 e. The van der Waals surface area contributed by atoms with Gasteiger partial charge in [0.15, 0.2) is 23.3 Å². The Kier molecular flexibility index (Phi) is 14.7. The van der Waals surface area contributed by atoms with E-state index in [4.69, 9.17) is 0 Å². The second-order valence-electron chi connectivity index (χ2n) is 25.2. The molecule has 2 aliphatic carbocycles. The Balaban J connectivity index is 0.807. The van der Waals surface area contributed by atoms with Gasteiger partial charge in [-0.3, -0.25) is 0 Å². The summed E-state index contributed by atoms with van der Waals surface area (Å²) in [6.07, 6.45) is 3.63. The fourth-order valence-corrected chi connectivity index (χ4v) is 16.6. The van der Waals surface area contributed by atoms with E-state index in [0.29, 0.717) is 34.1 Å². The maximum atomic E-state index is 15.9. The molecule has 14 aromatic carbocycles. The van der Waals surface area contributed by atoms with Crippen LogP contribution in [0, 0.1) is 34.9 Å². The van der Waals surface area contributed by atoms with Gasteiger partial charge in [0, 0.05) is 66.4 Å². The molecule has 0 amide bonds. The normalized spacial score (nSPS) is 14.9. The van der Waals surface area contributed by atoms with Gasteiger partial charge in [-0.2, -0.15) is 0 Å². The van der Waals surface area contributed by atoms with Crippen molar-refractivity contribution in [1.82, 2.24) is 0 Å². The minimum atomic E-state index is -1.01. The zero-order chi connectivity index (χ0) is 67.3. The molecule has 0 bridgehead atoms. The smallest absolute Gasteiger partial charge is 0.160 e. The molecule has 0 saturated carbocycles. The minimum absolute atomic E-state index is 0.368. The molecule has 0 N–H and O–H groups in total. The molecule has 0 saturated heterocycles. The third-order valence-corrected chi connectivity index (χ3v) is 21.1. The molecule has 1 heterocycles. The fraction of sp³-hybridized carbons (Fsp3) is 0.0222. The molecule has 17 rings (SSSR count). The molecule has 2 unspecified atom stereocenters. The van der Waals surface area contributed by atoms with Gasteiger partial charge in [0.05, 0.1) is 10.8 Å². The highest BCUT2D eigenvalue weighted by Crippen LogP contribution is 2.60. The molecule has 0 radical (unpaired) electrons. The first-order chi connectivity index (χ1) is 48.4. The van der Waals surface area contributed by atoms with Crippen LogP contribution in [0.15, 0.2) is 316 Å². The Morgan fingerprint density at radius 1 is 0.273 bits per heavy atom. The van der Waals surface area contributed by atoms with Gasteiger partial charge in [0.25, 0.3) is 0 Å². The van der Waals surface area contributed by atoms with E-state index in [2.05, 4.69) is 147 Å². The zero-order valence-electron chi connectivity index (χ0n) is 53.0. The lowest BCUT2D eigenvalue weighted by molar-refractivity contribution is 0.509. The van der Waals surface area contributed by atoms with Crippen LogP contribution in [0.5, 0.6) is 0 Å². The summed E-state index contributed by atoms with van der Waals surface area (Å²) in [6.45, 7) is 7.85. The summed E-state index contributed by atoms with van der Waals surface area (Å²) in [5.74, 6) is -4.73. The van der Waals surface area contributed by atoms with Gasteiger partial charge in [-0.05, 0) is 197 Å². The van der Waals surface area contributed by atoms with Crippen LogP contribution in [0.25, 0.3) is 76.8 Å². The number of halogens is 6. The highest BCUT2D eigenvalue weighted by molar-refractivity contribution is 7.25. The maximum absolute atomic E-state index is 15.9. The summed E-state index contributed by atoms with van der Waals surface area (Å²) in [5.41, 5.74) is 19.0. The Hall–Kier alpha value is -12.0. The summed E-state index contributed by atoms with van der Waals surface area (Å²) in [7, 11) is 0. The van der Waals surface area contributed by atoms with Crippen molar-refractivity contribution in [3.05, 3.63) is 407 Å². The number of rotatable bonds is 14. The Morgan fingerprint density at radius 3 is 0.939 bits per heavy atom. The lowest BCUT2D eigenvalue weighted by Crippen LogP contribution is -2.29. The molecule has 0 aliphatic heterocycles. The van der Waals surface area contributed by atoms with Crippen LogP contribution in [-0.4, -0.2) is 0 Å². The standard InChI is InChI=1S/C90H56F6N2S/c1-3-55-13-17-57(18-14-55)59-21-25-61(26-22-59)89(63-29-33-65(91)34-30-63)79-11-7-5-9-73(79)75-43-37-67(49-81(75)89)97(69-41-47-83(93)85(95)51-69)71-39-45-77-78-46-40-72(54-88(78)99-87(77)53-71)98(70-42-48-84(94)86(96)52-70)68-38-44-76-74-10-6-8-12-80(74)90(82(76)50-68,64-31-35-66(92)36-32-64)62-27-23-60(24-28-62)58-19-15-56(4-2)16-20-58/h3-54H,1-2H2. The molecular weight excluding hydrogens is 1260 g/mol. The Labute approximate surface area is 572 Å². The highest BCUT2D eigenvalue weighted by Gasteiger charge is 2.48. The summed E-state index contributed by atoms with van der Waals surface area (Å²) in [4.78, 5) is 3.87. The van der Waals surface area contributed by atoms with Gasteiger partial charge >= 0.3 is 0 Å². The van der Waals surface area contributed by atoms with Crippen LogP contribution in [0.3, 0.4) is 0 Å². The summed E-state index contributed by atoms with van der Waals surface area (Å²) < 4.78 is 94.1. The Morgan fingerprint density at radius 2 is 0.576 bits per heavy atom. The number of hydrogen-bond acceptors (Lipinski definition) is 3. The van der Waals surface area contributed by atoms with Crippen LogP contribution >= 0.6 is 11.3 Å². The van der Waals surface area contributed by atoms with Crippen molar-refractivity contribution >= 4 is 77.8 Å². The molecule has 2 aliphatic rings. The monoisotopic (exact) mass is 1310 g/mol. The SMILES string of the molecule is C=Cc1ccc(-c2ccc(C3(c4ccc(F)cc4)c4ccccc4-c4ccc(N(c5ccc(F)c(F)c5)c5ccc6c(c5)sc5cc(N(c7ccc(F)c(F)c7)c7ccc8c(c7)C(c7ccc(F)cc7)(c7ccc(-c9ccc(C=C)cc9)cc7)c7ccccc7-8)ccc56)cc43)cc2)cc1. The molecule has 0 spiro atoms. The van der Waals surface area contributed by atoms with Gasteiger partial charge < -0.3 is 9.80 Å². The third-order valence-electron chi connectivity index (χ3n) is 20.0. The highest BCUT2D eigenvalue weighted by atomic mass is 32.1. The van der Waals surface area contributed by atoms with Crippen molar-refractivity contribution < 1.29 is 26.3 Å². The van der Waals surface area contributed by atoms with Crippen LogP contribution in [0.2, 0.25) is 0 Å². The molecular formula is C90H56F6N2S. The Bertz CT molecular complexity index is 5370. The predicted molar refractivity (Wildman–Crippen MR) is 394 cm³/mol. The predicted octanol–water partition coefficient (Wildman–Crippen LogP) is 25.2. The molecule has 474 valence electrons. The average molecular weight is 1310 g/mol. The number of nitrogens with zero attached hydrogens (tertiary/aromatic N) is 2. The quantitative estimate of drug-likeness (QED) is 0.100. The van der Waals surface area contributed by atoms with E-state index in [0.717, 1.165) is 132 Å². The van der Waals surface area contributed by atoms with Crippen molar-refractivity contribution in [1.29, 1.82) is 0 Å². The van der Waals surface area contributed by atoms with Crippen molar-refractivity contribution in [3.63, 3.8) is 0 Å². The molecule has 15 aromatic rings. The topological polar surface area (TPSA) is 6.48 Å². The summed E-state index contributed by atoms with van der Waals surface area (Å²) in [5, 5.41) is 1.88. The minimum Gasteiger partial charge on any atom is -0.310 e. The molecule has 9 heteroatoms. The molecule has 2 atom stereocenters. The van der Waals surface area contributed by atoms with Crippen molar-refractivity contribution in [3.8, 4) is 44.5 Å². The second-order valence-corrected chi connectivity index (χ2v) is 26.3. The molecule has 2 nitrogen and oxygen atoms in total. The van der Waals surface area contributed by atoms with Crippen LogP contribution in [-0.2, 0) is 10.8 Å². The van der Waals surface area contributed by atoms with E-state index >= 15 is 26.3 Å². The number of thiophene rings is 1. The first kappa shape index (κ1) is 60.6. The van der Waals surface area contributed by atoms with Gasteiger partial charge in [-0.1, -0.05) is 219 Å². The third kappa shape index (κ3) is 9.86. The van der Waals surface area contributed by atoms with Crippen LogP contribution < -0.4 is 9.80 Å². The summed E-state index contributed by atoms with van der Waals surface area (Å²) >= 11 is 1.54. The first-order valence-corrected chi connectivity index (χ1v) is 33.4. The van der Waals surface area contributed by atoms with E-state index in [9.17, 15) is 0 Å². The number of hydrogen-bond donors (Lipinski definition) is 0. The zero-order valence-corrected chi connectivity index (χ0v) is 53.8. The van der Waals surface area contributed by atoms with Crippen molar-refractivity contribution in [2.24, 2.45) is 0 Å². The fourth-order valence-electron chi connectivity index (χ4n) is 15.4. The van der Waals surface area contributed by atoms with Gasteiger partial charge in [0.2, 0.25) is 0 Å². The first-order valence-electron chi connectivity index (χ1n) is 32.5. The van der Waals surface area contributed by atoms with E-state index in [1.807, 2.05) is 131 Å². The van der Waals surface area contributed by atoms with E-state index in [-0.39, 0.29) is 11.6 Å². The molecule has 1 aromatic heterocycles. The van der Waals surface area contributed by atoms with Gasteiger partial charge in [-0.15, -0.1) is 11.3 Å². The van der Waals surface area contributed by atoms with Crippen LogP contribution in [0.1, 0.15) is 55.6 Å². The van der Waals surface area contributed by atoms with Crippen LogP contribution in [0.4, 0.5) is 60.5 Å².